The summed E-state index contributed by atoms with van der Waals surface area (Å²) >= 11 is 0. The second kappa shape index (κ2) is 5.74. The molecule has 0 spiro atoms. The number of hydrogen-bond donors (Lipinski definition) is 3. The third-order valence-corrected chi connectivity index (χ3v) is 3.06. The van der Waals surface area contributed by atoms with E-state index in [9.17, 15) is 14.7 Å². The molecule has 3 N–H and O–H groups in total. The monoisotopic (exact) mass is 292 g/mol. The number of ether oxygens (including phenoxy) is 2. The van der Waals surface area contributed by atoms with Gasteiger partial charge in [0.2, 0.25) is 0 Å². The number of carbonyl (C=O) groups is 1. The first-order valence-corrected chi connectivity index (χ1v) is 6.32. The number of fused-ring (bicyclic) bond motifs is 1. The Bertz CT molecular complexity index is 751. The summed E-state index contributed by atoms with van der Waals surface area (Å²) in [6.07, 6.45) is 0. The van der Waals surface area contributed by atoms with Gasteiger partial charge in [0.15, 0.2) is 11.5 Å². The molecule has 0 aliphatic heterocycles. The minimum absolute atomic E-state index is 0.300. The van der Waals surface area contributed by atoms with Crippen LogP contribution in [0, 0.1) is 0 Å². The molecule has 21 heavy (non-hydrogen) atoms. The number of carbonyl (C=O) groups excluding carboxylic acids is 1. The summed E-state index contributed by atoms with van der Waals surface area (Å²) in [7, 11) is 2.92. The molecule has 0 saturated heterocycles. The highest BCUT2D eigenvalue weighted by Gasteiger charge is 2.20. The Morgan fingerprint density at radius 1 is 1.29 bits per heavy atom. The third-order valence-electron chi connectivity index (χ3n) is 3.06. The number of aromatic amines is 1. The van der Waals surface area contributed by atoms with Gasteiger partial charge in [0.05, 0.1) is 19.7 Å². The Morgan fingerprint density at radius 2 is 1.90 bits per heavy atom. The van der Waals surface area contributed by atoms with Crippen molar-refractivity contribution >= 4 is 16.8 Å². The highest BCUT2D eigenvalue weighted by Crippen LogP contribution is 2.35. The van der Waals surface area contributed by atoms with Gasteiger partial charge in [-0.2, -0.15) is 0 Å². The molecule has 2 rings (SSSR count). The number of amides is 1. The van der Waals surface area contributed by atoms with Gasteiger partial charge in [-0.05, 0) is 13.0 Å². The smallest absolute Gasteiger partial charge is 0.265 e. The molecule has 1 aromatic heterocycles. The fourth-order valence-corrected chi connectivity index (χ4v) is 2.06. The standard InChI is InChI=1S/C14H16N2O5/c1-4-15-13(18)11-12(17)7-5-9(20-2)10(21-3)6-8(7)16-14(11)19/h5-6H,4H2,1-3H3,(H,15,18)(H2,16,17,19). The fraction of sp³-hybridized carbons (Fsp3) is 0.286. The topological polar surface area (TPSA) is 101 Å². The van der Waals surface area contributed by atoms with Crippen LogP contribution in [-0.4, -0.2) is 36.8 Å². The molecule has 0 aliphatic carbocycles. The number of rotatable bonds is 4. The van der Waals surface area contributed by atoms with E-state index < -0.39 is 11.5 Å². The molecule has 0 atom stereocenters. The van der Waals surface area contributed by atoms with Gasteiger partial charge in [-0.15, -0.1) is 0 Å². The molecule has 1 amide bonds. The SMILES string of the molecule is CCNC(=O)c1c(O)c2cc(OC)c(OC)cc2[nH]c1=O. The normalized spacial score (nSPS) is 10.4. The second-order valence-corrected chi connectivity index (χ2v) is 4.29. The molecule has 0 radical (unpaired) electrons. The lowest BCUT2D eigenvalue weighted by Crippen LogP contribution is -2.29. The highest BCUT2D eigenvalue weighted by molar-refractivity contribution is 6.02. The molecule has 7 heteroatoms. The average Bonchev–Trinajstić information content (AvgIpc) is 2.46. The minimum Gasteiger partial charge on any atom is -0.506 e. The maximum Gasteiger partial charge on any atom is 0.265 e. The van der Waals surface area contributed by atoms with E-state index in [1.54, 1.807) is 6.92 Å². The molecule has 0 aliphatic rings. The zero-order valence-electron chi connectivity index (χ0n) is 11.9. The number of methoxy groups -OCH3 is 2. The molecular formula is C14H16N2O5. The minimum atomic E-state index is -0.668. The Kier molecular flexibility index (Phi) is 4.02. The molecule has 0 fully saturated rings. The van der Waals surface area contributed by atoms with E-state index in [0.29, 0.717) is 28.9 Å². The number of aromatic hydroxyl groups is 1. The van der Waals surface area contributed by atoms with E-state index in [1.165, 1.54) is 26.4 Å². The molecular weight excluding hydrogens is 276 g/mol. The number of nitrogens with one attached hydrogen (secondary N) is 2. The maximum absolute atomic E-state index is 12.0. The van der Waals surface area contributed by atoms with E-state index in [4.69, 9.17) is 9.47 Å². The van der Waals surface area contributed by atoms with Crippen LogP contribution >= 0.6 is 0 Å². The van der Waals surface area contributed by atoms with E-state index in [-0.39, 0.29) is 11.3 Å². The summed E-state index contributed by atoms with van der Waals surface area (Å²) in [6.45, 7) is 2.07. The summed E-state index contributed by atoms with van der Waals surface area (Å²) < 4.78 is 10.3. The van der Waals surface area contributed by atoms with E-state index in [2.05, 4.69) is 10.3 Å². The van der Waals surface area contributed by atoms with Gasteiger partial charge in [-0.25, -0.2) is 0 Å². The van der Waals surface area contributed by atoms with Gasteiger partial charge in [-0.1, -0.05) is 0 Å². The molecule has 0 saturated carbocycles. The van der Waals surface area contributed by atoms with Crippen LogP contribution in [0.3, 0.4) is 0 Å². The number of hydrogen-bond acceptors (Lipinski definition) is 5. The summed E-state index contributed by atoms with van der Waals surface area (Å²) in [5.74, 6) is -0.228. The summed E-state index contributed by atoms with van der Waals surface area (Å²) in [5, 5.41) is 13.0. The molecule has 7 nitrogen and oxygen atoms in total. The number of benzene rings is 1. The average molecular weight is 292 g/mol. The van der Waals surface area contributed by atoms with Crippen LogP contribution in [0.2, 0.25) is 0 Å². The van der Waals surface area contributed by atoms with E-state index >= 15 is 0 Å². The van der Waals surface area contributed by atoms with Crippen LogP contribution in [0.15, 0.2) is 16.9 Å². The predicted octanol–water partition coefficient (Wildman–Crippen LogP) is 1.00. The lowest BCUT2D eigenvalue weighted by Gasteiger charge is -2.11. The third kappa shape index (κ3) is 2.49. The van der Waals surface area contributed by atoms with Crippen molar-refractivity contribution in [3.8, 4) is 17.2 Å². The van der Waals surface area contributed by atoms with Crippen molar-refractivity contribution in [2.45, 2.75) is 6.92 Å². The zero-order chi connectivity index (χ0) is 15.6. The Morgan fingerprint density at radius 3 is 2.48 bits per heavy atom. The molecule has 1 heterocycles. The summed E-state index contributed by atoms with van der Waals surface area (Å²) in [5.41, 5.74) is -0.641. The molecule has 2 aromatic rings. The zero-order valence-corrected chi connectivity index (χ0v) is 11.9. The molecule has 112 valence electrons. The van der Waals surface area contributed by atoms with Crippen molar-refractivity contribution in [3.05, 3.63) is 28.0 Å². The quantitative estimate of drug-likeness (QED) is 0.780. The Labute approximate surface area is 120 Å². The predicted molar refractivity (Wildman–Crippen MR) is 77.3 cm³/mol. The van der Waals surface area contributed by atoms with E-state index in [1.807, 2.05) is 0 Å². The van der Waals surface area contributed by atoms with Crippen LogP contribution in [0.25, 0.3) is 10.9 Å². The van der Waals surface area contributed by atoms with Crippen LogP contribution < -0.4 is 20.3 Å². The van der Waals surface area contributed by atoms with Crippen LogP contribution in [0.4, 0.5) is 0 Å². The number of pyridine rings is 1. The lowest BCUT2D eigenvalue weighted by atomic mass is 10.1. The lowest BCUT2D eigenvalue weighted by molar-refractivity contribution is 0.0952. The van der Waals surface area contributed by atoms with Crippen molar-refractivity contribution in [1.82, 2.24) is 10.3 Å². The van der Waals surface area contributed by atoms with Gasteiger partial charge in [0, 0.05) is 18.0 Å². The van der Waals surface area contributed by atoms with Crippen molar-refractivity contribution in [2.24, 2.45) is 0 Å². The highest BCUT2D eigenvalue weighted by atomic mass is 16.5. The van der Waals surface area contributed by atoms with Crippen LogP contribution in [0.5, 0.6) is 17.2 Å². The number of H-pyrrole nitrogens is 1. The Balaban J connectivity index is 2.76. The first-order valence-electron chi connectivity index (χ1n) is 6.32. The first kappa shape index (κ1) is 14.7. The van der Waals surface area contributed by atoms with E-state index in [0.717, 1.165) is 0 Å². The van der Waals surface area contributed by atoms with Crippen molar-refractivity contribution in [1.29, 1.82) is 0 Å². The van der Waals surface area contributed by atoms with Gasteiger partial charge in [0.1, 0.15) is 11.3 Å². The fourth-order valence-electron chi connectivity index (χ4n) is 2.06. The first-order chi connectivity index (χ1) is 10.0. The molecule has 0 bridgehead atoms. The van der Waals surface area contributed by atoms with Crippen molar-refractivity contribution < 1.29 is 19.4 Å². The second-order valence-electron chi connectivity index (χ2n) is 4.29. The molecule has 0 unspecified atom stereocenters. The summed E-state index contributed by atoms with van der Waals surface area (Å²) in [4.78, 5) is 26.4. The van der Waals surface area contributed by atoms with Gasteiger partial charge in [-0.3, -0.25) is 9.59 Å². The summed E-state index contributed by atoms with van der Waals surface area (Å²) in [6, 6.07) is 3.03. The van der Waals surface area contributed by atoms with Gasteiger partial charge >= 0.3 is 0 Å². The van der Waals surface area contributed by atoms with Crippen LogP contribution in [-0.2, 0) is 0 Å². The number of aromatic nitrogens is 1. The van der Waals surface area contributed by atoms with Crippen molar-refractivity contribution in [3.63, 3.8) is 0 Å². The van der Waals surface area contributed by atoms with Gasteiger partial charge < -0.3 is 24.9 Å². The molecule has 1 aromatic carbocycles. The Hall–Kier alpha value is -2.70. The van der Waals surface area contributed by atoms with Gasteiger partial charge in [0.25, 0.3) is 11.5 Å². The van der Waals surface area contributed by atoms with Crippen molar-refractivity contribution in [2.75, 3.05) is 20.8 Å². The largest absolute Gasteiger partial charge is 0.506 e. The maximum atomic E-state index is 12.0. The van der Waals surface area contributed by atoms with Crippen LogP contribution in [0.1, 0.15) is 17.3 Å².